The van der Waals surface area contributed by atoms with Gasteiger partial charge in [-0.1, -0.05) is 42.5 Å². The number of carbonyl (C=O) groups is 2. The van der Waals surface area contributed by atoms with Gasteiger partial charge in [-0.05, 0) is 17.7 Å². The van der Waals surface area contributed by atoms with Gasteiger partial charge in [0.05, 0.1) is 10.5 Å². The predicted molar refractivity (Wildman–Crippen MR) is 91.4 cm³/mol. The fraction of sp³-hybridized carbons (Fsp3) is 0.111. The van der Waals surface area contributed by atoms with Crippen LogP contribution in [0.2, 0.25) is 0 Å². The van der Waals surface area contributed by atoms with E-state index in [1.807, 2.05) is 30.3 Å². The lowest BCUT2D eigenvalue weighted by molar-refractivity contribution is -0.384. The molecule has 0 bridgehead atoms. The van der Waals surface area contributed by atoms with Crippen molar-refractivity contribution in [2.45, 2.75) is 6.42 Å². The van der Waals surface area contributed by atoms with Gasteiger partial charge >= 0.3 is 5.97 Å². The van der Waals surface area contributed by atoms with Crippen molar-refractivity contribution in [3.05, 3.63) is 81.9 Å². The largest absolute Gasteiger partial charge is 0.363 e. The third-order valence-electron chi connectivity index (χ3n) is 3.29. The molecule has 2 rings (SSSR count). The number of hydrogen-bond donors (Lipinski definition) is 0. The zero-order valence-electron chi connectivity index (χ0n) is 13.5. The first-order chi connectivity index (χ1) is 12.0. The van der Waals surface area contributed by atoms with E-state index in [0.29, 0.717) is 0 Å². The summed E-state index contributed by atoms with van der Waals surface area (Å²) in [5, 5.41) is 11.4. The Hall–Kier alpha value is -3.48. The van der Waals surface area contributed by atoms with E-state index in [1.165, 1.54) is 31.3 Å². The van der Waals surface area contributed by atoms with E-state index in [0.717, 1.165) is 10.6 Å². The Morgan fingerprint density at radius 1 is 1.12 bits per heavy atom. The number of rotatable bonds is 5. The number of nitro groups is 1. The third-order valence-corrected chi connectivity index (χ3v) is 3.29. The quantitative estimate of drug-likeness (QED) is 0.616. The van der Waals surface area contributed by atoms with Crippen LogP contribution in [0.15, 0.2) is 60.7 Å². The number of hydrogen-bond acceptors (Lipinski definition) is 5. The molecule has 2 aromatic rings. The fourth-order valence-corrected chi connectivity index (χ4v) is 1.94. The molecule has 0 unspecified atom stereocenters. The molecule has 0 radical (unpaired) electrons. The molecule has 0 atom stereocenters. The molecule has 0 aliphatic carbocycles. The number of nitro benzene ring substituents is 1. The van der Waals surface area contributed by atoms with Crippen molar-refractivity contribution in [2.24, 2.45) is 0 Å². The van der Waals surface area contributed by atoms with Gasteiger partial charge in [-0.2, -0.15) is 5.06 Å². The highest BCUT2D eigenvalue weighted by molar-refractivity contribution is 5.90. The normalized spacial score (nSPS) is 10.4. The predicted octanol–water partition coefficient (Wildman–Crippen LogP) is 3.23. The highest BCUT2D eigenvalue weighted by Crippen LogP contribution is 2.13. The minimum Gasteiger partial charge on any atom is -0.333 e. The van der Waals surface area contributed by atoms with Crippen molar-refractivity contribution in [3.63, 3.8) is 0 Å². The summed E-state index contributed by atoms with van der Waals surface area (Å²) in [6.07, 6.45) is 3.54. The van der Waals surface area contributed by atoms with Crippen LogP contribution < -0.4 is 0 Å². The van der Waals surface area contributed by atoms with Gasteiger partial charge in [-0.25, -0.2) is 4.79 Å². The minimum atomic E-state index is -0.766. The van der Waals surface area contributed by atoms with Crippen molar-refractivity contribution in [1.82, 2.24) is 5.06 Å². The molecule has 0 saturated carbocycles. The maximum atomic E-state index is 12.0. The highest BCUT2D eigenvalue weighted by atomic mass is 16.7. The molecule has 0 N–H and O–H groups in total. The number of hydroxylamine groups is 2. The second kappa shape index (κ2) is 8.39. The number of carbonyl (C=O) groups excluding carboxylic acids is 2. The Labute approximate surface area is 144 Å². The molecule has 0 saturated heterocycles. The lowest BCUT2D eigenvalue weighted by Gasteiger charge is -2.15. The van der Waals surface area contributed by atoms with Crippen LogP contribution in [0.4, 0.5) is 5.69 Å². The minimum absolute atomic E-state index is 0.0684. The van der Waals surface area contributed by atoms with Crippen LogP contribution in [0.3, 0.4) is 0 Å². The lowest BCUT2D eigenvalue weighted by atomic mass is 10.2. The second-order valence-electron chi connectivity index (χ2n) is 5.09. The van der Waals surface area contributed by atoms with Crippen molar-refractivity contribution >= 4 is 23.6 Å². The molecule has 0 spiro atoms. The summed E-state index contributed by atoms with van der Waals surface area (Å²) in [6, 6.07) is 14.4. The molecule has 0 aromatic heterocycles. The fourth-order valence-electron chi connectivity index (χ4n) is 1.94. The van der Waals surface area contributed by atoms with Gasteiger partial charge in [0.1, 0.15) is 0 Å². The summed E-state index contributed by atoms with van der Waals surface area (Å²) in [7, 11) is 1.34. The summed E-state index contributed by atoms with van der Waals surface area (Å²) in [4.78, 5) is 38.8. The van der Waals surface area contributed by atoms with E-state index in [9.17, 15) is 19.7 Å². The monoisotopic (exact) mass is 340 g/mol. The van der Waals surface area contributed by atoms with Gasteiger partial charge in [0.2, 0.25) is 0 Å². The SMILES string of the molecule is CN(OC(=O)c1ccc([N+](=O)[O-])cc1)C(=O)C/C=C/c1ccccc1. The van der Waals surface area contributed by atoms with Crippen molar-refractivity contribution in [1.29, 1.82) is 0 Å². The van der Waals surface area contributed by atoms with Crippen molar-refractivity contribution in [3.8, 4) is 0 Å². The van der Waals surface area contributed by atoms with E-state index < -0.39 is 16.8 Å². The summed E-state index contributed by atoms with van der Waals surface area (Å²) in [5.41, 5.74) is 0.943. The van der Waals surface area contributed by atoms with Gasteiger partial charge < -0.3 is 4.84 Å². The van der Waals surface area contributed by atoms with E-state index >= 15 is 0 Å². The Balaban J connectivity index is 1.88. The molecule has 7 nitrogen and oxygen atoms in total. The molecule has 2 aromatic carbocycles. The van der Waals surface area contributed by atoms with Gasteiger partial charge in [0, 0.05) is 25.6 Å². The average molecular weight is 340 g/mol. The van der Waals surface area contributed by atoms with E-state index in [4.69, 9.17) is 4.84 Å². The third kappa shape index (κ3) is 5.28. The molecular weight excluding hydrogens is 324 g/mol. The van der Waals surface area contributed by atoms with Crippen LogP contribution in [0.5, 0.6) is 0 Å². The molecule has 7 heteroatoms. The van der Waals surface area contributed by atoms with Gasteiger partial charge in [-0.3, -0.25) is 14.9 Å². The Kier molecular flexibility index (Phi) is 6.00. The van der Waals surface area contributed by atoms with Gasteiger partial charge in [0.15, 0.2) is 0 Å². The van der Waals surface area contributed by atoms with Crippen molar-refractivity contribution < 1.29 is 19.3 Å². The average Bonchev–Trinajstić information content (AvgIpc) is 2.62. The second-order valence-corrected chi connectivity index (χ2v) is 5.09. The van der Waals surface area contributed by atoms with Crippen LogP contribution in [-0.2, 0) is 9.63 Å². The van der Waals surface area contributed by atoms with E-state index in [1.54, 1.807) is 12.2 Å². The molecule has 0 fully saturated rings. The number of benzene rings is 2. The van der Waals surface area contributed by atoms with E-state index in [2.05, 4.69) is 0 Å². The summed E-state index contributed by atoms with van der Waals surface area (Å²) in [6.45, 7) is 0. The first-order valence-electron chi connectivity index (χ1n) is 7.42. The first-order valence-corrected chi connectivity index (χ1v) is 7.42. The summed E-state index contributed by atoms with van der Waals surface area (Å²) in [5.74, 6) is -1.17. The number of amides is 1. The summed E-state index contributed by atoms with van der Waals surface area (Å²) >= 11 is 0. The van der Waals surface area contributed by atoms with E-state index in [-0.39, 0.29) is 17.7 Å². The van der Waals surface area contributed by atoms with Gasteiger partial charge in [0.25, 0.3) is 11.6 Å². The lowest BCUT2D eigenvalue weighted by Crippen LogP contribution is -2.29. The number of non-ortho nitro benzene ring substituents is 1. The molecule has 25 heavy (non-hydrogen) atoms. The van der Waals surface area contributed by atoms with Crippen LogP contribution in [0.25, 0.3) is 6.08 Å². The molecule has 0 aliphatic rings. The smallest absolute Gasteiger partial charge is 0.333 e. The molecule has 0 aliphatic heterocycles. The van der Waals surface area contributed by atoms with Crippen LogP contribution in [0.1, 0.15) is 22.3 Å². The maximum absolute atomic E-state index is 12.0. The Morgan fingerprint density at radius 3 is 2.36 bits per heavy atom. The number of nitrogens with zero attached hydrogens (tertiary/aromatic N) is 2. The molecule has 1 amide bonds. The zero-order valence-corrected chi connectivity index (χ0v) is 13.5. The standard InChI is InChI=1S/C18H16N2O5/c1-19(17(21)9-5-8-14-6-3-2-4-7-14)25-18(22)15-10-12-16(13-11-15)20(23)24/h2-8,10-13H,9H2,1H3/b8-5+. The van der Waals surface area contributed by atoms with Crippen molar-refractivity contribution in [2.75, 3.05) is 7.05 Å². The van der Waals surface area contributed by atoms with Crippen LogP contribution in [0, 0.1) is 10.1 Å². The molecule has 0 heterocycles. The summed E-state index contributed by atoms with van der Waals surface area (Å²) < 4.78 is 0. The Bertz CT molecular complexity index is 785. The zero-order chi connectivity index (χ0) is 18.2. The molecule has 128 valence electrons. The highest BCUT2D eigenvalue weighted by Gasteiger charge is 2.16. The maximum Gasteiger partial charge on any atom is 0.363 e. The Morgan fingerprint density at radius 2 is 1.76 bits per heavy atom. The topological polar surface area (TPSA) is 89.8 Å². The van der Waals surface area contributed by atoms with Crippen LogP contribution >= 0.6 is 0 Å². The van der Waals surface area contributed by atoms with Gasteiger partial charge in [-0.15, -0.1) is 0 Å². The van der Waals surface area contributed by atoms with Crippen LogP contribution in [-0.4, -0.2) is 28.9 Å². The molecular formula is C18H16N2O5. The first kappa shape index (κ1) is 17.9.